The molecule has 1 heterocycles. The summed E-state index contributed by atoms with van der Waals surface area (Å²) in [4.78, 5) is 14.2. The van der Waals surface area contributed by atoms with E-state index in [4.69, 9.17) is 0 Å². The van der Waals surface area contributed by atoms with Gasteiger partial charge in [0, 0.05) is 31.4 Å². The maximum Gasteiger partial charge on any atom is 0.573 e. The van der Waals surface area contributed by atoms with E-state index in [0.717, 1.165) is 5.56 Å². The van der Waals surface area contributed by atoms with Crippen LogP contribution < -0.4 is 9.64 Å². The Hall–Kier alpha value is -2.79. The maximum absolute atomic E-state index is 13.7. The molecule has 1 unspecified atom stereocenters. The average Bonchev–Trinajstić information content (AvgIpc) is 3.14. The second kappa shape index (κ2) is 8.21. The molecule has 1 aliphatic carbocycles. The fourth-order valence-electron chi connectivity index (χ4n) is 4.77. The Kier molecular flexibility index (Phi) is 5.81. The van der Waals surface area contributed by atoms with Gasteiger partial charge >= 0.3 is 12.3 Å². The number of benzene rings is 2. The molecule has 0 amide bonds. The van der Waals surface area contributed by atoms with Crippen molar-refractivity contribution in [3.05, 3.63) is 59.7 Å². The minimum Gasteiger partial charge on any atom is -0.480 e. The van der Waals surface area contributed by atoms with E-state index >= 15 is 0 Å². The zero-order valence-corrected chi connectivity index (χ0v) is 18.6. The fourth-order valence-corrected chi connectivity index (χ4v) is 7.09. The predicted octanol–water partition coefficient (Wildman–Crippen LogP) is 3.35. The molecular formula is C22H23F3N2O5S. The van der Waals surface area contributed by atoms with Gasteiger partial charge in [-0.1, -0.05) is 24.3 Å². The summed E-state index contributed by atoms with van der Waals surface area (Å²) in [7, 11) is -4.26. The first-order valence-corrected chi connectivity index (χ1v) is 11.8. The number of piperazine rings is 1. The van der Waals surface area contributed by atoms with Crippen molar-refractivity contribution in [3.63, 3.8) is 0 Å². The Morgan fingerprint density at radius 2 is 1.79 bits per heavy atom. The minimum absolute atomic E-state index is 0.0301. The molecule has 178 valence electrons. The molecule has 2 aromatic carbocycles. The highest BCUT2D eigenvalue weighted by Gasteiger charge is 2.59. The maximum atomic E-state index is 13.7. The zero-order valence-electron chi connectivity index (χ0n) is 17.7. The van der Waals surface area contributed by atoms with E-state index in [-0.39, 0.29) is 31.8 Å². The summed E-state index contributed by atoms with van der Waals surface area (Å²) in [6.45, 7) is 2.28. The molecule has 0 saturated carbocycles. The minimum atomic E-state index is -4.78. The van der Waals surface area contributed by atoms with Crippen LogP contribution >= 0.6 is 0 Å². The molecule has 1 aliphatic heterocycles. The van der Waals surface area contributed by atoms with E-state index in [1.807, 2.05) is 4.90 Å². The Morgan fingerprint density at radius 3 is 2.39 bits per heavy atom. The molecule has 2 aliphatic rings. The number of nitrogens with zero attached hydrogens (tertiary/aromatic N) is 2. The molecule has 7 nitrogen and oxygen atoms in total. The van der Waals surface area contributed by atoms with Crippen LogP contribution in [-0.4, -0.2) is 55.8 Å². The van der Waals surface area contributed by atoms with Gasteiger partial charge in [0.1, 0.15) is 5.75 Å². The number of carbonyl (C=O) groups is 1. The topological polar surface area (TPSA) is 87.2 Å². The van der Waals surface area contributed by atoms with Gasteiger partial charge in [-0.05, 0) is 55.2 Å². The smallest absolute Gasteiger partial charge is 0.480 e. The lowest BCUT2D eigenvalue weighted by Gasteiger charge is -2.43. The lowest BCUT2D eigenvalue weighted by molar-refractivity contribution is -0.274. The van der Waals surface area contributed by atoms with Crippen LogP contribution in [0.1, 0.15) is 24.5 Å². The molecule has 4 rings (SSSR count). The predicted molar refractivity (Wildman–Crippen MR) is 115 cm³/mol. The Bertz CT molecular complexity index is 1150. The Morgan fingerprint density at radius 1 is 1.12 bits per heavy atom. The highest BCUT2D eigenvalue weighted by Crippen LogP contribution is 2.46. The second-order valence-electron chi connectivity index (χ2n) is 8.24. The second-order valence-corrected chi connectivity index (χ2v) is 10.4. The summed E-state index contributed by atoms with van der Waals surface area (Å²) in [6.07, 6.45) is -4.45. The van der Waals surface area contributed by atoms with Crippen molar-refractivity contribution >= 4 is 21.7 Å². The van der Waals surface area contributed by atoms with Gasteiger partial charge < -0.3 is 14.7 Å². The normalized spacial score (nSPS) is 23.9. The molecule has 1 saturated heterocycles. The zero-order chi connectivity index (χ0) is 24.0. The molecule has 1 fully saturated rings. The number of carboxylic acids is 1. The van der Waals surface area contributed by atoms with E-state index in [1.165, 1.54) is 28.6 Å². The standard InChI is InChI=1S/C22H23F3N2O5S/c1-15-14-26(17-6-8-18(9-7-17)32-22(23,24)25)12-13-27(15)33(30,31)21(20(28)29)11-10-16-4-2-3-5-19(16)21/h2-9,15H,10-14H2,1H3,(H,28,29)/t15-,21?/m0/s1. The summed E-state index contributed by atoms with van der Waals surface area (Å²) in [6, 6.07) is 11.5. The van der Waals surface area contributed by atoms with Crippen molar-refractivity contribution in [2.75, 3.05) is 24.5 Å². The van der Waals surface area contributed by atoms with Crippen LogP contribution in [0.15, 0.2) is 48.5 Å². The number of fused-ring (bicyclic) bond motifs is 1. The lowest BCUT2D eigenvalue weighted by atomic mass is 10.0. The van der Waals surface area contributed by atoms with Crippen molar-refractivity contribution in [3.8, 4) is 5.75 Å². The first-order valence-electron chi connectivity index (χ1n) is 10.4. The number of alkyl halides is 3. The quantitative estimate of drug-likeness (QED) is 0.701. The molecule has 33 heavy (non-hydrogen) atoms. The number of hydrogen-bond donors (Lipinski definition) is 1. The van der Waals surface area contributed by atoms with E-state index in [2.05, 4.69) is 4.74 Å². The first-order chi connectivity index (χ1) is 15.5. The number of hydrogen-bond acceptors (Lipinski definition) is 5. The largest absolute Gasteiger partial charge is 0.573 e. The molecule has 1 N–H and O–H groups in total. The highest BCUT2D eigenvalue weighted by atomic mass is 32.2. The third-order valence-corrected chi connectivity index (χ3v) is 8.93. The van der Waals surface area contributed by atoms with Crippen LogP contribution in [0.25, 0.3) is 0 Å². The number of carboxylic acid groups (broad SMARTS) is 1. The summed E-state index contributed by atoms with van der Waals surface area (Å²) in [5, 5.41) is 10.1. The van der Waals surface area contributed by atoms with Crippen molar-refractivity contribution in [2.24, 2.45) is 0 Å². The van der Waals surface area contributed by atoms with E-state index in [0.29, 0.717) is 17.7 Å². The molecule has 0 bridgehead atoms. The van der Waals surface area contributed by atoms with Gasteiger partial charge in [0.15, 0.2) is 0 Å². The Labute approximate surface area is 189 Å². The van der Waals surface area contributed by atoms with Gasteiger partial charge in [-0.3, -0.25) is 4.79 Å². The van der Waals surface area contributed by atoms with Crippen LogP contribution in [0.3, 0.4) is 0 Å². The van der Waals surface area contributed by atoms with Crippen LogP contribution in [0.4, 0.5) is 18.9 Å². The molecule has 2 atom stereocenters. The van der Waals surface area contributed by atoms with E-state index in [9.17, 15) is 31.5 Å². The lowest BCUT2D eigenvalue weighted by Crippen LogP contribution is -2.59. The van der Waals surface area contributed by atoms with Gasteiger partial charge in [-0.25, -0.2) is 8.42 Å². The SMILES string of the molecule is C[C@H]1CN(c2ccc(OC(F)(F)F)cc2)CCN1S(=O)(=O)C1(C(=O)O)CCc2ccccc21. The van der Waals surface area contributed by atoms with Crippen LogP contribution in [0, 0.1) is 0 Å². The number of aliphatic carboxylic acids is 1. The summed E-state index contributed by atoms with van der Waals surface area (Å²) >= 11 is 0. The van der Waals surface area contributed by atoms with Gasteiger partial charge in [0.25, 0.3) is 0 Å². The number of halogens is 3. The first kappa shape index (κ1) is 23.4. The van der Waals surface area contributed by atoms with Crippen molar-refractivity contribution < 1.29 is 36.2 Å². The molecule has 2 aromatic rings. The molecular weight excluding hydrogens is 461 g/mol. The highest BCUT2D eigenvalue weighted by molar-refractivity contribution is 7.90. The number of ether oxygens (including phenoxy) is 1. The van der Waals surface area contributed by atoms with Gasteiger partial charge in [-0.15, -0.1) is 13.2 Å². The average molecular weight is 484 g/mol. The number of sulfonamides is 1. The summed E-state index contributed by atoms with van der Waals surface area (Å²) < 4.78 is 67.7. The van der Waals surface area contributed by atoms with Crippen molar-refractivity contribution in [1.82, 2.24) is 4.31 Å². The van der Waals surface area contributed by atoms with Crippen LogP contribution in [0.5, 0.6) is 5.75 Å². The number of aryl methyl sites for hydroxylation is 1. The molecule has 11 heteroatoms. The monoisotopic (exact) mass is 484 g/mol. The van der Waals surface area contributed by atoms with Crippen molar-refractivity contribution in [1.29, 1.82) is 0 Å². The summed E-state index contributed by atoms with van der Waals surface area (Å²) in [5.41, 5.74) is 1.65. The molecule has 0 aromatic heterocycles. The fraction of sp³-hybridized carbons (Fsp3) is 0.409. The number of anilines is 1. The summed E-state index contributed by atoms with van der Waals surface area (Å²) in [5.74, 6) is -1.73. The van der Waals surface area contributed by atoms with Crippen LogP contribution in [-0.2, 0) is 26.0 Å². The van der Waals surface area contributed by atoms with Gasteiger partial charge in [-0.2, -0.15) is 4.31 Å². The van der Waals surface area contributed by atoms with Crippen LogP contribution in [0.2, 0.25) is 0 Å². The third-order valence-electron chi connectivity index (χ3n) is 6.30. The number of rotatable bonds is 5. The van der Waals surface area contributed by atoms with Gasteiger partial charge in [0.2, 0.25) is 14.8 Å². The van der Waals surface area contributed by atoms with E-state index in [1.54, 1.807) is 31.2 Å². The van der Waals surface area contributed by atoms with Crippen molar-refractivity contribution in [2.45, 2.75) is 36.9 Å². The van der Waals surface area contributed by atoms with Gasteiger partial charge in [0.05, 0.1) is 0 Å². The van der Waals surface area contributed by atoms with E-state index < -0.39 is 33.1 Å². The third kappa shape index (κ3) is 4.04. The molecule has 0 spiro atoms. The Balaban J connectivity index is 1.56. The molecule has 0 radical (unpaired) electrons.